The molecule has 2 aromatic heterocycles. The summed E-state index contributed by atoms with van der Waals surface area (Å²) >= 11 is 0. The largest absolute Gasteiger partial charge is 0.337 e. The number of hydrogen-bond acceptors (Lipinski definition) is 5. The van der Waals surface area contributed by atoms with E-state index in [4.69, 9.17) is 0 Å². The van der Waals surface area contributed by atoms with Gasteiger partial charge < -0.3 is 4.90 Å². The average molecular weight is 342 g/mol. The molecule has 1 amide bonds. The van der Waals surface area contributed by atoms with E-state index in [0.717, 1.165) is 17.4 Å². The molecule has 1 aliphatic heterocycles. The van der Waals surface area contributed by atoms with E-state index in [-0.39, 0.29) is 10.9 Å². The Balaban J connectivity index is 1.96. The van der Waals surface area contributed by atoms with Crippen LogP contribution in [0.4, 0.5) is 0 Å². The standard InChI is InChI=1S/C16H14N4O3S/c1-19-9-11-7-10(3-4-12(11)16(19)21)15-18-14(24(2,22)23)8-13-17-5-6-20(13)15/h3-8H,9H2,1-2H3. The van der Waals surface area contributed by atoms with Crippen molar-refractivity contribution in [3.63, 3.8) is 0 Å². The molecular formula is C16H14N4O3S. The second kappa shape index (κ2) is 4.88. The van der Waals surface area contributed by atoms with E-state index >= 15 is 0 Å². The smallest absolute Gasteiger partial charge is 0.254 e. The number of sulfone groups is 1. The Labute approximate surface area is 138 Å². The molecule has 7 nitrogen and oxygen atoms in total. The van der Waals surface area contributed by atoms with Crippen LogP contribution in [0.1, 0.15) is 15.9 Å². The SMILES string of the molecule is CN1Cc2cc(-c3nc(S(C)(=O)=O)cc4nccn34)ccc2C1=O. The first-order valence-electron chi connectivity index (χ1n) is 7.27. The molecule has 0 unspecified atom stereocenters. The Morgan fingerprint density at radius 3 is 2.75 bits per heavy atom. The van der Waals surface area contributed by atoms with Crippen LogP contribution >= 0.6 is 0 Å². The van der Waals surface area contributed by atoms with E-state index in [0.29, 0.717) is 23.6 Å². The number of carbonyl (C=O) groups is 1. The zero-order chi connectivity index (χ0) is 17.1. The number of carbonyl (C=O) groups excluding carboxylic acids is 1. The molecule has 122 valence electrons. The highest BCUT2D eigenvalue weighted by atomic mass is 32.2. The molecule has 1 aliphatic rings. The number of amides is 1. The molecule has 0 radical (unpaired) electrons. The van der Waals surface area contributed by atoms with E-state index in [2.05, 4.69) is 9.97 Å². The summed E-state index contributed by atoms with van der Waals surface area (Å²) in [6, 6.07) is 6.87. The molecular weight excluding hydrogens is 328 g/mol. The van der Waals surface area contributed by atoms with Crippen LogP contribution in [0.2, 0.25) is 0 Å². The van der Waals surface area contributed by atoms with Crippen LogP contribution in [-0.2, 0) is 16.4 Å². The predicted molar refractivity (Wildman–Crippen MR) is 87.3 cm³/mol. The fourth-order valence-corrected chi connectivity index (χ4v) is 3.47. The minimum Gasteiger partial charge on any atom is -0.337 e. The van der Waals surface area contributed by atoms with Crippen LogP contribution in [0.15, 0.2) is 41.7 Å². The summed E-state index contributed by atoms with van der Waals surface area (Å²) in [5, 5.41) is -0.0232. The Kier molecular flexibility index (Phi) is 3.01. The Morgan fingerprint density at radius 2 is 2.00 bits per heavy atom. The van der Waals surface area contributed by atoms with Gasteiger partial charge in [0.25, 0.3) is 5.91 Å². The Morgan fingerprint density at radius 1 is 1.21 bits per heavy atom. The van der Waals surface area contributed by atoms with Gasteiger partial charge in [-0.05, 0) is 17.7 Å². The molecule has 3 heterocycles. The van der Waals surface area contributed by atoms with E-state index < -0.39 is 9.84 Å². The number of benzene rings is 1. The van der Waals surface area contributed by atoms with Crippen molar-refractivity contribution >= 4 is 21.4 Å². The first-order valence-corrected chi connectivity index (χ1v) is 9.16. The molecule has 0 saturated carbocycles. The molecule has 1 aromatic carbocycles. The fourth-order valence-electron chi connectivity index (χ4n) is 2.90. The predicted octanol–water partition coefficient (Wildman–Crippen LogP) is 1.39. The Bertz CT molecular complexity index is 1100. The molecule has 4 rings (SSSR count). The van der Waals surface area contributed by atoms with Crippen molar-refractivity contribution in [2.24, 2.45) is 0 Å². The molecule has 0 atom stereocenters. The molecule has 0 fully saturated rings. The number of imidazole rings is 1. The van der Waals surface area contributed by atoms with Crippen molar-refractivity contribution in [2.45, 2.75) is 11.6 Å². The topological polar surface area (TPSA) is 84.6 Å². The van der Waals surface area contributed by atoms with Gasteiger partial charge in [-0.2, -0.15) is 0 Å². The summed E-state index contributed by atoms with van der Waals surface area (Å²) in [7, 11) is -1.71. The van der Waals surface area contributed by atoms with Crippen molar-refractivity contribution in [2.75, 3.05) is 13.3 Å². The van der Waals surface area contributed by atoms with Crippen LogP contribution in [0.25, 0.3) is 17.0 Å². The normalized spacial score (nSPS) is 14.4. The zero-order valence-corrected chi connectivity index (χ0v) is 13.9. The third kappa shape index (κ3) is 2.18. The molecule has 0 aliphatic carbocycles. The summed E-state index contributed by atoms with van der Waals surface area (Å²) in [5.74, 6) is 0.470. The van der Waals surface area contributed by atoms with Crippen LogP contribution in [0.5, 0.6) is 0 Å². The van der Waals surface area contributed by atoms with Gasteiger partial charge in [-0.15, -0.1) is 0 Å². The second-order valence-electron chi connectivity index (χ2n) is 5.88. The third-order valence-electron chi connectivity index (χ3n) is 4.09. The van der Waals surface area contributed by atoms with Gasteiger partial charge in [-0.1, -0.05) is 6.07 Å². The summed E-state index contributed by atoms with van der Waals surface area (Å²) in [4.78, 5) is 22.1. The van der Waals surface area contributed by atoms with Crippen LogP contribution in [0, 0.1) is 0 Å². The lowest BCUT2D eigenvalue weighted by Gasteiger charge is -2.08. The maximum absolute atomic E-state index is 12.0. The van der Waals surface area contributed by atoms with Gasteiger partial charge in [-0.3, -0.25) is 9.20 Å². The van der Waals surface area contributed by atoms with Gasteiger partial charge in [-0.25, -0.2) is 18.4 Å². The van der Waals surface area contributed by atoms with Crippen molar-refractivity contribution in [3.8, 4) is 11.4 Å². The summed E-state index contributed by atoms with van der Waals surface area (Å²) in [6.07, 6.45) is 4.44. The molecule has 0 saturated heterocycles. The lowest BCUT2D eigenvalue weighted by atomic mass is 10.1. The molecule has 0 bridgehead atoms. The first kappa shape index (κ1) is 14.8. The maximum atomic E-state index is 12.0. The molecule has 0 N–H and O–H groups in total. The van der Waals surface area contributed by atoms with Crippen LogP contribution in [-0.4, -0.2) is 46.9 Å². The van der Waals surface area contributed by atoms with Gasteiger partial charge in [0, 0.05) is 49.4 Å². The number of fused-ring (bicyclic) bond motifs is 2. The number of hydrogen-bond donors (Lipinski definition) is 0. The quantitative estimate of drug-likeness (QED) is 0.657. The van der Waals surface area contributed by atoms with Crippen molar-refractivity contribution in [1.82, 2.24) is 19.3 Å². The maximum Gasteiger partial charge on any atom is 0.254 e. The van der Waals surface area contributed by atoms with Crippen LogP contribution < -0.4 is 0 Å². The second-order valence-corrected chi connectivity index (χ2v) is 7.84. The van der Waals surface area contributed by atoms with Gasteiger partial charge in [0.05, 0.1) is 0 Å². The van der Waals surface area contributed by atoms with E-state index in [1.807, 2.05) is 6.07 Å². The number of aromatic nitrogens is 3. The first-order chi connectivity index (χ1) is 11.3. The van der Waals surface area contributed by atoms with E-state index in [1.165, 1.54) is 6.07 Å². The Hall–Kier alpha value is -2.74. The highest BCUT2D eigenvalue weighted by Crippen LogP contribution is 2.28. The molecule has 8 heteroatoms. The number of rotatable bonds is 2. The highest BCUT2D eigenvalue weighted by molar-refractivity contribution is 7.90. The van der Waals surface area contributed by atoms with Crippen molar-refractivity contribution < 1.29 is 13.2 Å². The minimum atomic E-state index is -3.46. The van der Waals surface area contributed by atoms with Crippen molar-refractivity contribution in [3.05, 3.63) is 47.8 Å². The van der Waals surface area contributed by atoms with E-state index in [9.17, 15) is 13.2 Å². The monoisotopic (exact) mass is 342 g/mol. The highest BCUT2D eigenvalue weighted by Gasteiger charge is 2.25. The molecule has 3 aromatic rings. The lowest BCUT2D eigenvalue weighted by molar-refractivity contribution is 0.0816. The zero-order valence-electron chi connectivity index (χ0n) is 13.1. The van der Waals surface area contributed by atoms with Gasteiger partial charge >= 0.3 is 0 Å². The number of nitrogens with zero attached hydrogens (tertiary/aromatic N) is 4. The third-order valence-corrected chi connectivity index (χ3v) is 5.06. The summed E-state index contributed by atoms with van der Waals surface area (Å²) < 4.78 is 25.5. The fraction of sp³-hybridized carbons (Fsp3) is 0.188. The summed E-state index contributed by atoms with van der Waals surface area (Å²) in [6.45, 7) is 0.529. The molecule has 0 spiro atoms. The van der Waals surface area contributed by atoms with Crippen molar-refractivity contribution in [1.29, 1.82) is 0 Å². The van der Waals surface area contributed by atoms with E-state index in [1.54, 1.807) is 40.9 Å². The average Bonchev–Trinajstić information content (AvgIpc) is 3.10. The van der Waals surface area contributed by atoms with Gasteiger partial charge in [0.1, 0.15) is 11.5 Å². The molecule has 24 heavy (non-hydrogen) atoms. The van der Waals surface area contributed by atoms with Crippen LogP contribution in [0.3, 0.4) is 0 Å². The summed E-state index contributed by atoms with van der Waals surface area (Å²) in [5.41, 5.74) is 2.82. The van der Waals surface area contributed by atoms with Gasteiger partial charge in [0.15, 0.2) is 14.9 Å². The van der Waals surface area contributed by atoms with Gasteiger partial charge in [0.2, 0.25) is 0 Å². The lowest BCUT2D eigenvalue weighted by Crippen LogP contribution is -2.17. The minimum absolute atomic E-state index is 0.0119.